The fourth-order valence-electron chi connectivity index (χ4n) is 2.65. The molecule has 2 N–H and O–H groups in total. The number of hydrogen-bond donors (Lipinski definition) is 2. The summed E-state index contributed by atoms with van der Waals surface area (Å²) in [4.78, 5) is 11.6. The number of carbonyl (C=O) groups is 1. The standard InChI is InChI=1S/C12H22N2O2/c1-12(2,3)16-11(15)14-10-6-8-4-5-9(7-10)13-8/h8-10,13H,4-7H2,1-3H3,(H,14,15)/t8-,9+,10+. The summed E-state index contributed by atoms with van der Waals surface area (Å²) in [5, 5.41) is 6.52. The molecule has 2 fully saturated rings. The van der Waals surface area contributed by atoms with Crippen molar-refractivity contribution in [3.8, 4) is 0 Å². The van der Waals surface area contributed by atoms with E-state index in [1.165, 1.54) is 12.8 Å². The first kappa shape index (κ1) is 11.7. The third-order valence-corrected chi connectivity index (χ3v) is 3.19. The van der Waals surface area contributed by atoms with Gasteiger partial charge in [-0.3, -0.25) is 0 Å². The van der Waals surface area contributed by atoms with E-state index >= 15 is 0 Å². The molecule has 3 atom stereocenters. The number of ether oxygens (including phenoxy) is 1. The van der Waals surface area contributed by atoms with E-state index in [9.17, 15) is 4.79 Å². The summed E-state index contributed by atoms with van der Waals surface area (Å²) in [5.74, 6) is 0. The lowest BCUT2D eigenvalue weighted by Gasteiger charge is -2.30. The fraction of sp³-hybridized carbons (Fsp3) is 0.917. The van der Waals surface area contributed by atoms with Gasteiger partial charge in [0.2, 0.25) is 0 Å². The second kappa shape index (κ2) is 4.24. The maximum absolute atomic E-state index is 11.6. The lowest BCUT2D eigenvalue weighted by Crippen LogP contribution is -2.49. The van der Waals surface area contributed by atoms with Crippen molar-refractivity contribution >= 4 is 6.09 Å². The number of carbonyl (C=O) groups excluding carboxylic acids is 1. The molecule has 0 aliphatic carbocycles. The van der Waals surface area contributed by atoms with Crippen LogP contribution in [-0.2, 0) is 4.74 Å². The zero-order chi connectivity index (χ0) is 11.8. The highest BCUT2D eigenvalue weighted by Crippen LogP contribution is 2.26. The SMILES string of the molecule is CC(C)(C)OC(=O)N[C@H]1C[C@H]2CC[C@@H](C1)N2. The van der Waals surface area contributed by atoms with Crippen molar-refractivity contribution in [3.05, 3.63) is 0 Å². The third-order valence-electron chi connectivity index (χ3n) is 3.19. The molecule has 0 aromatic carbocycles. The van der Waals surface area contributed by atoms with Gasteiger partial charge in [-0.25, -0.2) is 4.79 Å². The van der Waals surface area contributed by atoms with Gasteiger partial charge in [0.1, 0.15) is 5.60 Å². The molecular formula is C12H22N2O2. The second-order valence-electron chi connectivity index (χ2n) is 5.95. The smallest absolute Gasteiger partial charge is 0.407 e. The van der Waals surface area contributed by atoms with E-state index in [1.54, 1.807) is 0 Å². The highest BCUT2D eigenvalue weighted by Gasteiger charge is 2.34. The molecule has 4 nitrogen and oxygen atoms in total. The third kappa shape index (κ3) is 3.11. The van der Waals surface area contributed by atoms with Crippen LogP contribution in [0.1, 0.15) is 46.5 Å². The monoisotopic (exact) mass is 226 g/mol. The highest BCUT2D eigenvalue weighted by atomic mass is 16.6. The lowest BCUT2D eigenvalue weighted by molar-refractivity contribution is 0.0489. The summed E-state index contributed by atoms with van der Waals surface area (Å²) in [6.07, 6.45) is 4.29. The summed E-state index contributed by atoms with van der Waals surface area (Å²) in [6.45, 7) is 5.66. The van der Waals surface area contributed by atoms with Crippen LogP contribution >= 0.6 is 0 Å². The number of amides is 1. The number of nitrogens with one attached hydrogen (secondary N) is 2. The zero-order valence-corrected chi connectivity index (χ0v) is 10.4. The van der Waals surface area contributed by atoms with Crippen molar-refractivity contribution in [2.24, 2.45) is 0 Å². The van der Waals surface area contributed by atoms with Gasteiger partial charge in [-0.15, -0.1) is 0 Å². The van der Waals surface area contributed by atoms with Crippen molar-refractivity contribution < 1.29 is 9.53 Å². The molecule has 2 aliphatic heterocycles. The summed E-state index contributed by atoms with van der Waals surface area (Å²) in [6, 6.07) is 1.48. The van der Waals surface area contributed by atoms with Gasteiger partial charge in [0, 0.05) is 18.1 Å². The molecule has 16 heavy (non-hydrogen) atoms. The molecule has 2 aliphatic rings. The minimum atomic E-state index is -0.407. The highest BCUT2D eigenvalue weighted by molar-refractivity contribution is 5.68. The van der Waals surface area contributed by atoms with Crippen molar-refractivity contribution in [1.29, 1.82) is 0 Å². The van der Waals surface area contributed by atoms with E-state index in [4.69, 9.17) is 4.74 Å². The molecule has 0 radical (unpaired) electrons. The fourth-order valence-corrected chi connectivity index (χ4v) is 2.65. The summed E-state index contributed by atoms with van der Waals surface area (Å²) in [7, 11) is 0. The Bertz CT molecular complexity index is 261. The van der Waals surface area contributed by atoms with Gasteiger partial charge in [-0.1, -0.05) is 0 Å². The van der Waals surface area contributed by atoms with Crippen LogP contribution in [0.15, 0.2) is 0 Å². The number of alkyl carbamates (subject to hydrolysis) is 1. The molecule has 2 heterocycles. The zero-order valence-electron chi connectivity index (χ0n) is 10.4. The Hall–Kier alpha value is -0.770. The largest absolute Gasteiger partial charge is 0.444 e. The van der Waals surface area contributed by atoms with Crippen LogP contribution in [-0.4, -0.2) is 29.8 Å². The minimum absolute atomic E-state index is 0.279. The Kier molecular flexibility index (Phi) is 3.10. The average molecular weight is 226 g/mol. The quantitative estimate of drug-likeness (QED) is 0.716. The van der Waals surface area contributed by atoms with Gasteiger partial charge in [0.25, 0.3) is 0 Å². The Balaban J connectivity index is 1.79. The first-order chi connectivity index (χ1) is 7.42. The van der Waals surface area contributed by atoms with Gasteiger partial charge in [-0.2, -0.15) is 0 Å². The van der Waals surface area contributed by atoms with Crippen molar-refractivity contribution in [1.82, 2.24) is 10.6 Å². The predicted molar refractivity (Wildman–Crippen MR) is 62.3 cm³/mol. The molecule has 0 aromatic heterocycles. The van der Waals surface area contributed by atoms with Crippen LogP contribution in [0, 0.1) is 0 Å². The van der Waals surface area contributed by atoms with Crippen molar-refractivity contribution in [3.63, 3.8) is 0 Å². The molecule has 0 unspecified atom stereocenters. The van der Waals surface area contributed by atoms with E-state index in [0.29, 0.717) is 12.1 Å². The topological polar surface area (TPSA) is 50.4 Å². The maximum atomic E-state index is 11.6. The molecule has 0 saturated carbocycles. The van der Waals surface area contributed by atoms with Gasteiger partial charge in [-0.05, 0) is 46.5 Å². The van der Waals surface area contributed by atoms with Crippen molar-refractivity contribution in [2.75, 3.05) is 0 Å². The molecule has 4 heteroatoms. The molecule has 1 amide bonds. The summed E-state index contributed by atoms with van der Waals surface area (Å²) >= 11 is 0. The number of rotatable bonds is 1. The summed E-state index contributed by atoms with van der Waals surface area (Å²) < 4.78 is 5.26. The molecular weight excluding hydrogens is 204 g/mol. The first-order valence-electron chi connectivity index (χ1n) is 6.18. The molecule has 2 saturated heterocycles. The van der Waals surface area contributed by atoms with E-state index in [-0.39, 0.29) is 12.1 Å². The van der Waals surface area contributed by atoms with Crippen LogP contribution in [0.4, 0.5) is 4.79 Å². The number of fused-ring (bicyclic) bond motifs is 2. The van der Waals surface area contributed by atoms with Gasteiger partial charge < -0.3 is 15.4 Å². The molecule has 0 spiro atoms. The van der Waals surface area contributed by atoms with Gasteiger partial charge in [0.05, 0.1) is 0 Å². The maximum Gasteiger partial charge on any atom is 0.407 e. The Morgan fingerprint density at radius 1 is 1.25 bits per heavy atom. The van der Waals surface area contributed by atoms with Crippen LogP contribution in [0.25, 0.3) is 0 Å². The number of hydrogen-bond acceptors (Lipinski definition) is 3. The van der Waals surface area contributed by atoms with Crippen molar-refractivity contribution in [2.45, 2.75) is 70.2 Å². The molecule has 2 bridgehead atoms. The van der Waals surface area contributed by atoms with Gasteiger partial charge >= 0.3 is 6.09 Å². The minimum Gasteiger partial charge on any atom is -0.444 e. The van der Waals surface area contributed by atoms with E-state index in [2.05, 4.69) is 10.6 Å². The van der Waals surface area contributed by atoms with Crippen LogP contribution in [0.3, 0.4) is 0 Å². The first-order valence-corrected chi connectivity index (χ1v) is 6.18. The predicted octanol–water partition coefficient (Wildman–Crippen LogP) is 1.79. The molecule has 92 valence electrons. The van der Waals surface area contributed by atoms with E-state index in [1.807, 2.05) is 20.8 Å². The van der Waals surface area contributed by atoms with Gasteiger partial charge in [0.15, 0.2) is 0 Å². The Morgan fingerprint density at radius 3 is 2.31 bits per heavy atom. The van der Waals surface area contributed by atoms with E-state index in [0.717, 1.165) is 12.8 Å². The van der Waals surface area contributed by atoms with Crippen LogP contribution in [0.2, 0.25) is 0 Å². The van der Waals surface area contributed by atoms with E-state index < -0.39 is 5.60 Å². The molecule has 0 aromatic rings. The average Bonchev–Trinajstić information content (AvgIpc) is 2.42. The van der Waals surface area contributed by atoms with Crippen LogP contribution < -0.4 is 10.6 Å². The van der Waals surface area contributed by atoms with Crippen LogP contribution in [0.5, 0.6) is 0 Å². The number of piperidine rings is 1. The summed E-state index contributed by atoms with van der Waals surface area (Å²) in [5.41, 5.74) is -0.407. The Morgan fingerprint density at radius 2 is 1.81 bits per heavy atom. The Labute approximate surface area is 97.1 Å². The second-order valence-corrected chi connectivity index (χ2v) is 5.95. The lowest BCUT2D eigenvalue weighted by atomic mass is 10.0. The molecule has 2 rings (SSSR count). The normalized spacial score (nSPS) is 33.6.